The number of hydrogen-bond acceptors (Lipinski definition) is 4. The van der Waals surface area contributed by atoms with Crippen molar-refractivity contribution in [3.05, 3.63) is 29.8 Å². The number of thioether (sulfide) groups is 2. The lowest BCUT2D eigenvalue weighted by molar-refractivity contribution is 0.475. The molecule has 1 aliphatic heterocycles. The molecule has 0 aromatic heterocycles. The van der Waals surface area contributed by atoms with E-state index in [2.05, 4.69) is 0 Å². The number of phenolic OH excluding ortho intramolecular Hbond substituents is 1. The molecule has 1 heterocycles. The van der Waals surface area contributed by atoms with E-state index in [-0.39, 0.29) is 6.04 Å². The van der Waals surface area contributed by atoms with Crippen LogP contribution in [-0.4, -0.2) is 33.7 Å². The van der Waals surface area contributed by atoms with Crippen LogP contribution in [0, 0.1) is 0 Å². The van der Waals surface area contributed by atoms with Gasteiger partial charge in [-0.1, -0.05) is 12.1 Å². The van der Waals surface area contributed by atoms with E-state index in [1.54, 1.807) is 12.1 Å². The molecule has 0 amide bonds. The fourth-order valence-corrected chi connectivity index (χ4v) is 4.61. The van der Waals surface area contributed by atoms with Gasteiger partial charge in [-0.2, -0.15) is 23.5 Å². The molecule has 4 heteroatoms. The van der Waals surface area contributed by atoms with E-state index in [9.17, 15) is 5.11 Å². The second-order valence-electron chi connectivity index (χ2n) is 4.02. The second kappa shape index (κ2) is 5.84. The molecule has 1 aromatic carbocycles. The molecule has 16 heavy (non-hydrogen) atoms. The first-order valence-corrected chi connectivity index (χ1v) is 7.69. The van der Waals surface area contributed by atoms with Crippen LogP contribution >= 0.6 is 23.5 Å². The fraction of sp³-hybridized carbons (Fsp3) is 0.500. The Morgan fingerprint density at radius 1 is 1.31 bits per heavy atom. The van der Waals surface area contributed by atoms with Crippen molar-refractivity contribution in [1.82, 2.24) is 0 Å². The highest BCUT2D eigenvalue weighted by atomic mass is 32.2. The van der Waals surface area contributed by atoms with Gasteiger partial charge in [0.1, 0.15) is 5.75 Å². The molecule has 1 saturated heterocycles. The topological polar surface area (TPSA) is 46.2 Å². The van der Waals surface area contributed by atoms with E-state index in [1.807, 2.05) is 35.7 Å². The smallest absolute Gasteiger partial charge is 0.115 e. The fourth-order valence-electron chi connectivity index (χ4n) is 1.79. The van der Waals surface area contributed by atoms with Crippen molar-refractivity contribution >= 4 is 23.5 Å². The summed E-state index contributed by atoms with van der Waals surface area (Å²) >= 11 is 4.00. The van der Waals surface area contributed by atoms with Crippen LogP contribution in [0.2, 0.25) is 0 Å². The lowest BCUT2D eigenvalue weighted by Gasteiger charge is -2.26. The van der Waals surface area contributed by atoms with Gasteiger partial charge in [-0.3, -0.25) is 0 Å². The summed E-state index contributed by atoms with van der Waals surface area (Å²) in [4.78, 5) is 0. The Labute approximate surface area is 105 Å². The van der Waals surface area contributed by atoms with Gasteiger partial charge >= 0.3 is 0 Å². The number of benzene rings is 1. The molecule has 1 aromatic rings. The monoisotopic (exact) mass is 255 g/mol. The van der Waals surface area contributed by atoms with Gasteiger partial charge in [-0.25, -0.2) is 0 Å². The van der Waals surface area contributed by atoms with E-state index < -0.39 is 0 Å². The molecule has 3 N–H and O–H groups in total. The molecule has 2 unspecified atom stereocenters. The molecule has 0 aliphatic carbocycles. The van der Waals surface area contributed by atoms with Crippen LogP contribution in [-0.2, 0) is 6.42 Å². The van der Waals surface area contributed by atoms with E-state index in [4.69, 9.17) is 5.73 Å². The summed E-state index contributed by atoms with van der Waals surface area (Å²) in [6, 6.07) is 7.59. The summed E-state index contributed by atoms with van der Waals surface area (Å²) in [6.07, 6.45) is 0.901. The Balaban J connectivity index is 1.90. The van der Waals surface area contributed by atoms with Crippen LogP contribution in [0.1, 0.15) is 5.56 Å². The van der Waals surface area contributed by atoms with Crippen molar-refractivity contribution < 1.29 is 5.11 Å². The molecule has 2 atom stereocenters. The minimum Gasteiger partial charge on any atom is -0.508 e. The van der Waals surface area contributed by atoms with Gasteiger partial charge < -0.3 is 10.8 Å². The zero-order chi connectivity index (χ0) is 11.4. The first-order valence-electron chi connectivity index (χ1n) is 5.48. The van der Waals surface area contributed by atoms with E-state index in [0.29, 0.717) is 11.0 Å². The van der Waals surface area contributed by atoms with E-state index >= 15 is 0 Å². The van der Waals surface area contributed by atoms with Gasteiger partial charge in [0.15, 0.2) is 0 Å². The molecule has 1 fully saturated rings. The summed E-state index contributed by atoms with van der Waals surface area (Å²) in [5.41, 5.74) is 7.43. The molecule has 0 bridgehead atoms. The summed E-state index contributed by atoms with van der Waals surface area (Å²) in [5, 5.41) is 9.78. The van der Waals surface area contributed by atoms with Crippen LogP contribution in [0.4, 0.5) is 0 Å². The maximum atomic E-state index is 9.20. The van der Waals surface area contributed by atoms with Crippen molar-refractivity contribution in [2.75, 3.05) is 17.3 Å². The van der Waals surface area contributed by atoms with Gasteiger partial charge in [0.25, 0.3) is 0 Å². The number of hydrogen-bond donors (Lipinski definition) is 2. The van der Waals surface area contributed by atoms with Crippen molar-refractivity contribution in [3.8, 4) is 5.75 Å². The van der Waals surface area contributed by atoms with Crippen LogP contribution in [0.5, 0.6) is 5.75 Å². The Bertz CT molecular complexity index is 322. The molecule has 2 rings (SSSR count). The Morgan fingerprint density at radius 2 is 2.06 bits per heavy atom. The number of nitrogens with two attached hydrogens (primary N) is 1. The van der Waals surface area contributed by atoms with Crippen LogP contribution in [0.15, 0.2) is 24.3 Å². The largest absolute Gasteiger partial charge is 0.508 e. The Hall–Kier alpha value is -0.320. The SMILES string of the molecule is NC(Cc1ccc(O)cc1)C1CSCCS1. The average molecular weight is 255 g/mol. The van der Waals surface area contributed by atoms with Gasteiger partial charge in [0, 0.05) is 28.6 Å². The van der Waals surface area contributed by atoms with Crippen molar-refractivity contribution in [2.24, 2.45) is 5.73 Å². The van der Waals surface area contributed by atoms with Crippen molar-refractivity contribution in [2.45, 2.75) is 17.7 Å². The summed E-state index contributed by atoms with van der Waals surface area (Å²) < 4.78 is 0. The normalized spacial score (nSPS) is 22.9. The number of rotatable bonds is 3. The predicted octanol–water partition coefficient (Wildman–Crippen LogP) is 2.11. The third-order valence-electron chi connectivity index (χ3n) is 2.73. The maximum Gasteiger partial charge on any atom is 0.115 e. The summed E-state index contributed by atoms with van der Waals surface area (Å²) in [6.45, 7) is 0. The molecule has 0 spiro atoms. The molecule has 88 valence electrons. The number of aromatic hydroxyl groups is 1. The zero-order valence-electron chi connectivity index (χ0n) is 9.13. The Morgan fingerprint density at radius 3 is 2.69 bits per heavy atom. The molecular weight excluding hydrogens is 238 g/mol. The van der Waals surface area contributed by atoms with Gasteiger partial charge in [0.05, 0.1) is 0 Å². The van der Waals surface area contributed by atoms with Gasteiger partial charge in [-0.05, 0) is 24.1 Å². The highest BCUT2D eigenvalue weighted by Gasteiger charge is 2.21. The van der Waals surface area contributed by atoms with E-state index in [0.717, 1.165) is 6.42 Å². The zero-order valence-corrected chi connectivity index (χ0v) is 10.8. The average Bonchev–Trinajstić information content (AvgIpc) is 2.33. The van der Waals surface area contributed by atoms with Crippen molar-refractivity contribution in [1.29, 1.82) is 0 Å². The lowest BCUT2D eigenvalue weighted by Crippen LogP contribution is -2.38. The predicted molar refractivity (Wildman–Crippen MR) is 73.4 cm³/mol. The Kier molecular flexibility index (Phi) is 4.44. The molecule has 0 saturated carbocycles. The van der Waals surface area contributed by atoms with Gasteiger partial charge in [-0.15, -0.1) is 0 Å². The molecule has 2 nitrogen and oxygen atoms in total. The minimum absolute atomic E-state index is 0.224. The molecular formula is C12H17NOS2. The maximum absolute atomic E-state index is 9.20. The summed E-state index contributed by atoms with van der Waals surface area (Å²) in [7, 11) is 0. The van der Waals surface area contributed by atoms with Crippen LogP contribution in [0.3, 0.4) is 0 Å². The quantitative estimate of drug-likeness (QED) is 0.868. The molecule has 0 radical (unpaired) electrons. The van der Waals surface area contributed by atoms with Crippen molar-refractivity contribution in [3.63, 3.8) is 0 Å². The highest BCUT2D eigenvalue weighted by Crippen LogP contribution is 2.27. The van der Waals surface area contributed by atoms with Crippen LogP contribution in [0.25, 0.3) is 0 Å². The van der Waals surface area contributed by atoms with E-state index in [1.165, 1.54) is 22.8 Å². The third-order valence-corrected chi connectivity index (χ3v) is 5.67. The van der Waals surface area contributed by atoms with Gasteiger partial charge in [0.2, 0.25) is 0 Å². The minimum atomic E-state index is 0.224. The summed E-state index contributed by atoms with van der Waals surface area (Å²) in [5.74, 6) is 3.97. The standard InChI is InChI=1S/C12H17NOS2/c13-11(12-8-15-5-6-16-12)7-9-1-3-10(14)4-2-9/h1-4,11-12,14H,5-8,13H2. The first-order chi connectivity index (χ1) is 7.75. The van der Waals surface area contributed by atoms with Crippen LogP contribution < -0.4 is 5.73 Å². The molecule has 1 aliphatic rings. The second-order valence-corrected chi connectivity index (χ2v) is 6.52. The number of phenols is 1. The lowest BCUT2D eigenvalue weighted by atomic mass is 10.0. The third kappa shape index (κ3) is 3.34. The highest BCUT2D eigenvalue weighted by molar-refractivity contribution is 8.06. The first kappa shape index (κ1) is 12.1.